The summed E-state index contributed by atoms with van der Waals surface area (Å²) in [6.45, 7) is 6.49. The molecule has 0 unspecified atom stereocenters. The number of thiocarbonyl (C=S) groups is 1. The van der Waals surface area contributed by atoms with Gasteiger partial charge in [0.1, 0.15) is 11.5 Å². The molecule has 110 valence electrons. The number of hydrogen-bond acceptors (Lipinski definition) is 6. The Kier molecular flexibility index (Phi) is 5.82. The molecular weight excluding hydrogens is 276 g/mol. The topological polar surface area (TPSA) is 81.3 Å². The second-order valence-corrected chi connectivity index (χ2v) is 4.91. The Balaban J connectivity index is 3.28. The van der Waals surface area contributed by atoms with Gasteiger partial charge >= 0.3 is 5.97 Å². The molecule has 0 saturated heterocycles. The zero-order valence-corrected chi connectivity index (χ0v) is 13.1. The summed E-state index contributed by atoms with van der Waals surface area (Å²) in [7, 11) is 1.35. The van der Waals surface area contributed by atoms with Gasteiger partial charge in [-0.1, -0.05) is 19.1 Å². The average Bonchev–Trinajstić information content (AvgIpc) is 2.40. The number of carbonyl (C=O) groups excluding carboxylic acids is 1. The van der Waals surface area contributed by atoms with Crippen LogP contribution in [-0.2, 0) is 9.53 Å². The number of ether oxygens (including phenoxy) is 1. The molecule has 0 aliphatic rings. The Morgan fingerprint density at radius 2 is 2.05 bits per heavy atom. The lowest BCUT2D eigenvalue weighted by Gasteiger charge is -2.24. The van der Waals surface area contributed by atoms with Crippen molar-refractivity contribution in [2.75, 3.05) is 25.1 Å². The van der Waals surface area contributed by atoms with Crippen molar-refractivity contribution >= 4 is 29.0 Å². The van der Waals surface area contributed by atoms with Crippen molar-refractivity contribution < 1.29 is 9.53 Å². The van der Waals surface area contributed by atoms with Gasteiger partial charge in [-0.15, -0.1) is 5.10 Å². The van der Waals surface area contributed by atoms with Gasteiger partial charge in [-0.2, -0.15) is 5.10 Å². The van der Waals surface area contributed by atoms with Crippen LogP contribution in [0.15, 0.2) is 0 Å². The van der Waals surface area contributed by atoms with Gasteiger partial charge in [0, 0.05) is 6.54 Å². The number of nitrogens with zero attached hydrogens (tertiary/aromatic N) is 3. The number of anilines is 1. The first kappa shape index (κ1) is 16.3. The van der Waals surface area contributed by atoms with Crippen LogP contribution < -0.4 is 10.6 Å². The summed E-state index contributed by atoms with van der Waals surface area (Å²) < 4.78 is 4.71. The van der Waals surface area contributed by atoms with E-state index in [-0.39, 0.29) is 17.5 Å². The van der Waals surface area contributed by atoms with Gasteiger partial charge in [-0.25, -0.2) is 0 Å². The van der Waals surface area contributed by atoms with E-state index in [2.05, 4.69) is 10.2 Å². The van der Waals surface area contributed by atoms with Crippen molar-refractivity contribution in [2.24, 2.45) is 5.73 Å². The third kappa shape index (κ3) is 3.63. The SMILES string of the molecule is CCCN(CC(=O)OC)c1nnc(C)c(C)c1C(N)=S. The van der Waals surface area contributed by atoms with E-state index < -0.39 is 0 Å². The standard InChI is InChI=1S/C13H20N4O2S/c1-5-6-17(7-10(18)19-4)13-11(12(14)20)8(2)9(3)15-16-13/h5-7H2,1-4H3,(H2,14,20). The molecule has 1 heterocycles. The van der Waals surface area contributed by atoms with Crippen LogP contribution in [0.4, 0.5) is 5.82 Å². The first-order valence-corrected chi connectivity index (χ1v) is 6.78. The molecular formula is C13H20N4O2S. The molecule has 0 atom stereocenters. The highest BCUT2D eigenvalue weighted by molar-refractivity contribution is 7.80. The molecule has 2 N–H and O–H groups in total. The van der Waals surface area contributed by atoms with E-state index in [0.29, 0.717) is 17.9 Å². The van der Waals surface area contributed by atoms with E-state index in [9.17, 15) is 4.79 Å². The molecule has 1 aromatic rings. The predicted octanol–water partition coefficient (Wildman–Crippen LogP) is 1.12. The highest BCUT2D eigenvalue weighted by Crippen LogP contribution is 2.22. The third-order valence-corrected chi connectivity index (χ3v) is 3.23. The minimum atomic E-state index is -0.340. The summed E-state index contributed by atoms with van der Waals surface area (Å²) in [5, 5.41) is 8.27. The monoisotopic (exact) mass is 296 g/mol. The van der Waals surface area contributed by atoms with Gasteiger partial charge in [-0.3, -0.25) is 4.79 Å². The van der Waals surface area contributed by atoms with Gasteiger partial charge in [0.05, 0.1) is 18.4 Å². The van der Waals surface area contributed by atoms with E-state index in [1.165, 1.54) is 7.11 Å². The second kappa shape index (κ2) is 7.14. The number of methoxy groups -OCH3 is 1. The minimum Gasteiger partial charge on any atom is -0.468 e. The molecule has 0 amide bonds. The molecule has 0 aliphatic heterocycles. The fourth-order valence-electron chi connectivity index (χ4n) is 1.86. The van der Waals surface area contributed by atoms with E-state index in [4.69, 9.17) is 22.7 Å². The van der Waals surface area contributed by atoms with Crippen LogP contribution >= 0.6 is 12.2 Å². The minimum absolute atomic E-state index is 0.0944. The molecule has 7 heteroatoms. The molecule has 0 radical (unpaired) electrons. The second-order valence-electron chi connectivity index (χ2n) is 4.47. The van der Waals surface area contributed by atoms with E-state index in [1.54, 1.807) is 4.90 Å². The zero-order valence-electron chi connectivity index (χ0n) is 12.3. The summed E-state index contributed by atoms with van der Waals surface area (Å²) >= 11 is 5.11. The predicted molar refractivity (Wildman–Crippen MR) is 81.9 cm³/mol. The Morgan fingerprint density at radius 1 is 1.40 bits per heavy atom. The smallest absolute Gasteiger partial charge is 0.325 e. The first-order valence-electron chi connectivity index (χ1n) is 6.37. The van der Waals surface area contributed by atoms with Crippen molar-refractivity contribution in [2.45, 2.75) is 27.2 Å². The fraction of sp³-hybridized carbons (Fsp3) is 0.538. The number of aromatic nitrogens is 2. The van der Waals surface area contributed by atoms with Crippen molar-refractivity contribution in [3.63, 3.8) is 0 Å². The number of carbonyl (C=O) groups is 1. The van der Waals surface area contributed by atoms with Crippen molar-refractivity contribution in [1.29, 1.82) is 0 Å². The summed E-state index contributed by atoms with van der Waals surface area (Å²) in [6.07, 6.45) is 0.850. The maximum absolute atomic E-state index is 11.5. The van der Waals surface area contributed by atoms with E-state index in [1.807, 2.05) is 20.8 Å². The largest absolute Gasteiger partial charge is 0.468 e. The lowest BCUT2D eigenvalue weighted by atomic mass is 10.1. The van der Waals surface area contributed by atoms with Crippen LogP contribution in [0.1, 0.15) is 30.2 Å². The van der Waals surface area contributed by atoms with Crippen LogP contribution in [0.25, 0.3) is 0 Å². The number of nitrogens with two attached hydrogens (primary N) is 1. The van der Waals surface area contributed by atoms with E-state index >= 15 is 0 Å². The highest BCUT2D eigenvalue weighted by atomic mass is 32.1. The molecule has 20 heavy (non-hydrogen) atoms. The normalized spacial score (nSPS) is 10.2. The number of aryl methyl sites for hydroxylation is 1. The van der Waals surface area contributed by atoms with Crippen molar-refractivity contribution in [3.05, 3.63) is 16.8 Å². The summed E-state index contributed by atoms with van der Waals surface area (Å²) in [5.41, 5.74) is 8.13. The first-order chi connectivity index (χ1) is 9.42. The average molecular weight is 296 g/mol. The Labute approximate surface area is 124 Å². The zero-order chi connectivity index (χ0) is 15.3. The number of hydrogen-bond donors (Lipinski definition) is 1. The Bertz CT molecular complexity index is 519. The van der Waals surface area contributed by atoms with Crippen LogP contribution in [0.5, 0.6) is 0 Å². The highest BCUT2D eigenvalue weighted by Gasteiger charge is 2.20. The fourth-order valence-corrected chi connectivity index (χ4v) is 2.11. The molecule has 1 rings (SSSR count). The quantitative estimate of drug-likeness (QED) is 0.622. The van der Waals surface area contributed by atoms with E-state index in [0.717, 1.165) is 17.7 Å². The lowest BCUT2D eigenvalue weighted by molar-refractivity contribution is -0.138. The molecule has 0 aromatic carbocycles. The molecule has 0 spiro atoms. The molecule has 0 fully saturated rings. The van der Waals surface area contributed by atoms with Crippen molar-refractivity contribution in [3.8, 4) is 0 Å². The molecule has 1 aromatic heterocycles. The van der Waals surface area contributed by atoms with Gasteiger partial charge in [0.2, 0.25) is 0 Å². The van der Waals surface area contributed by atoms with Crippen LogP contribution in [0.2, 0.25) is 0 Å². The van der Waals surface area contributed by atoms with Gasteiger partial charge in [0.25, 0.3) is 0 Å². The van der Waals surface area contributed by atoms with Crippen LogP contribution in [0, 0.1) is 13.8 Å². The van der Waals surface area contributed by atoms with Gasteiger partial charge in [-0.05, 0) is 25.8 Å². The van der Waals surface area contributed by atoms with Gasteiger partial charge < -0.3 is 15.4 Å². The van der Waals surface area contributed by atoms with Crippen LogP contribution in [-0.4, -0.2) is 41.4 Å². The molecule has 0 bridgehead atoms. The Morgan fingerprint density at radius 3 is 2.55 bits per heavy atom. The lowest BCUT2D eigenvalue weighted by Crippen LogP contribution is -2.34. The maximum atomic E-state index is 11.5. The Hall–Kier alpha value is -1.76. The molecule has 6 nitrogen and oxygen atoms in total. The number of esters is 1. The summed E-state index contributed by atoms with van der Waals surface area (Å²) in [5.74, 6) is 0.195. The molecule has 0 saturated carbocycles. The summed E-state index contributed by atoms with van der Waals surface area (Å²) in [6, 6.07) is 0. The summed E-state index contributed by atoms with van der Waals surface area (Å²) in [4.78, 5) is 13.6. The third-order valence-electron chi connectivity index (χ3n) is 3.02. The maximum Gasteiger partial charge on any atom is 0.325 e. The van der Waals surface area contributed by atoms with Crippen LogP contribution in [0.3, 0.4) is 0 Å². The number of rotatable bonds is 6. The van der Waals surface area contributed by atoms with Gasteiger partial charge in [0.15, 0.2) is 5.82 Å². The van der Waals surface area contributed by atoms with Crippen molar-refractivity contribution in [1.82, 2.24) is 10.2 Å². The molecule has 0 aliphatic carbocycles.